The van der Waals surface area contributed by atoms with Gasteiger partial charge >= 0.3 is 17.9 Å². The molecule has 2 unspecified atom stereocenters. The monoisotopic (exact) mass is 717 g/mol. The van der Waals surface area contributed by atoms with Gasteiger partial charge in [0.2, 0.25) is 0 Å². The summed E-state index contributed by atoms with van der Waals surface area (Å²) in [5.74, 6) is -2.14. The second-order valence-corrected chi connectivity index (χ2v) is 13.5. The highest BCUT2D eigenvalue weighted by Gasteiger charge is 2.25. The summed E-state index contributed by atoms with van der Waals surface area (Å²) in [7, 11) is 5.91. The molecule has 290 valence electrons. The first-order valence-corrected chi connectivity index (χ1v) is 19.1. The van der Waals surface area contributed by atoms with Crippen LogP contribution in [0.4, 0.5) is 0 Å². The first-order chi connectivity index (χ1) is 24.6. The number of carbonyl (C=O) groups is 3. The Labute approximate surface area is 309 Å². The van der Waals surface area contributed by atoms with Crippen molar-refractivity contribution in [2.45, 2.75) is 129 Å². The third kappa shape index (κ3) is 34.9. The Morgan fingerprint density at radius 2 is 1.12 bits per heavy atom. The highest BCUT2D eigenvalue weighted by atomic mass is 16.7. The molecule has 9 heteroatoms. The Morgan fingerprint density at radius 1 is 0.608 bits per heavy atom. The molecule has 0 aliphatic carbocycles. The van der Waals surface area contributed by atoms with E-state index in [4.69, 9.17) is 18.9 Å². The van der Waals surface area contributed by atoms with Gasteiger partial charge in [0.05, 0.1) is 34.4 Å². The Hall–Kier alpha value is -3.27. The summed E-state index contributed by atoms with van der Waals surface area (Å²) in [6.45, 7) is 4.57. The van der Waals surface area contributed by atoms with Crippen LogP contribution >= 0.6 is 0 Å². The molecule has 51 heavy (non-hydrogen) atoms. The molecule has 0 saturated carbocycles. The fourth-order valence-corrected chi connectivity index (χ4v) is 4.51. The third-order valence-electron chi connectivity index (χ3n) is 7.49. The number of unbranched alkanes of at least 4 members (excludes halogenated alkanes) is 6. The number of hydrogen-bond acceptors (Lipinski definition) is 7. The van der Waals surface area contributed by atoms with Crippen LogP contribution in [0, 0.1) is 0 Å². The number of esters is 2. The van der Waals surface area contributed by atoms with Crippen LogP contribution in [0.5, 0.6) is 0 Å². The number of hydrogen-bond donors (Lipinski definition) is 1. The number of carbonyl (C=O) groups excluding carboxylic acids is 2. The SMILES string of the molecule is CC/C=C\C/C=C\C/C=C\C/C=C\C/C=C\C/C=C\CCC(=O)OC(COC(=O)CCCCCCCCC)COC(OCC[N+](C)(C)C)C(=O)O. The summed E-state index contributed by atoms with van der Waals surface area (Å²) < 4.78 is 22.4. The smallest absolute Gasteiger partial charge is 0.361 e. The number of aliphatic carboxylic acids is 1. The van der Waals surface area contributed by atoms with Crippen LogP contribution in [0.1, 0.15) is 117 Å². The van der Waals surface area contributed by atoms with E-state index in [-0.39, 0.29) is 38.6 Å². The largest absolute Gasteiger partial charge is 0.477 e. The van der Waals surface area contributed by atoms with Gasteiger partial charge in [0.15, 0.2) is 6.10 Å². The topological polar surface area (TPSA) is 108 Å². The van der Waals surface area contributed by atoms with E-state index < -0.39 is 24.3 Å². The maximum absolute atomic E-state index is 12.6. The summed E-state index contributed by atoms with van der Waals surface area (Å²) in [4.78, 5) is 36.7. The highest BCUT2D eigenvalue weighted by molar-refractivity contribution is 5.71. The minimum Gasteiger partial charge on any atom is -0.477 e. The summed E-state index contributed by atoms with van der Waals surface area (Å²) >= 11 is 0. The van der Waals surface area contributed by atoms with Gasteiger partial charge in [-0.15, -0.1) is 0 Å². The number of allylic oxidation sites excluding steroid dienone is 12. The van der Waals surface area contributed by atoms with Gasteiger partial charge in [-0.2, -0.15) is 0 Å². The van der Waals surface area contributed by atoms with Gasteiger partial charge in [-0.05, 0) is 51.4 Å². The zero-order valence-electron chi connectivity index (χ0n) is 32.5. The molecule has 2 atom stereocenters. The summed E-state index contributed by atoms with van der Waals surface area (Å²) in [6, 6.07) is 0. The van der Waals surface area contributed by atoms with Gasteiger partial charge in [-0.25, -0.2) is 4.79 Å². The summed E-state index contributed by atoms with van der Waals surface area (Å²) in [6.07, 6.45) is 37.1. The lowest BCUT2D eigenvalue weighted by molar-refractivity contribution is -0.870. The van der Waals surface area contributed by atoms with Crippen LogP contribution in [0.2, 0.25) is 0 Å². The zero-order valence-corrected chi connectivity index (χ0v) is 32.5. The molecule has 0 heterocycles. The molecule has 1 N–H and O–H groups in total. The molecule has 0 amide bonds. The van der Waals surface area contributed by atoms with Crippen LogP contribution in [0.3, 0.4) is 0 Å². The second kappa shape index (κ2) is 33.9. The average Bonchev–Trinajstić information content (AvgIpc) is 3.08. The summed E-state index contributed by atoms with van der Waals surface area (Å²) in [5.41, 5.74) is 0. The number of carboxylic acids is 1. The van der Waals surface area contributed by atoms with E-state index in [1.165, 1.54) is 25.7 Å². The van der Waals surface area contributed by atoms with Crippen molar-refractivity contribution in [1.29, 1.82) is 0 Å². The fourth-order valence-electron chi connectivity index (χ4n) is 4.51. The van der Waals surface area contributed by atoms with E-state index in [9.17, 15) is 19.5 Å². The average molecular weight is 717 g/mol. The van der Waals surface area contributed by atoms with Crippen LogP contribution < -0.4 is 0 Å². The van der Waals surface area contributed by atoms with Crippen molar-refractivity contribution in [3.63, 3.8) is 0 Å². The second-order valence-electron chi connectivity index (χ2n) is 13.5. The Bertz CT molecular complexity index is 1070. The maximum atomic E-state index is 12.6. The number of likely N-dealkylation sites (N-methyl/N-ethyl adjacent to an activating group) is 1. The lowest BCUT2D eigenvalue weighted by Crippen LogP contribution is -2.40. The predicted octanol–water partition coefficient (Wildman–Crippen LogP) is 9.21. The molecular weight excluding hydrogens is 646 g/mol. The molecule has 0 saturated heterocycles. The van der Waals surface area contributed by atoms with Crippen molar-refractivity contribution in [3.05, 3.63) is 72.9 Å². The Kier molecular flexibility index (Phi) is 31.7. The molecule has 0 aromatic rings. The fraction of sp³-hybridized carbons (Fsp3) is 0.643. The van der Waals surface area contributed by atoms with Gasteiger partial charge in [0, 0.05) is 12.8 Å². The minimum absolute atomic E-state index is 0.132. The van der Waals surface area contributed by atoms with Gasteiger partial charge in [-0.1, -0.05) is 125 Å². The van der Waals surface area contributed by atoms with Crippen LogP contribution in [-0.4, -0.2) is 87.4 Å². The molecule has 0 radical (unpaired) electrons. The molecule has 0 fully saturated rings. The number of ether oxygens (including phenoxy) is 4. The normalized spacial score (nSPS) is 13.8. The first kappa shape index (κ1) is 47.7. The van der Waals surface area contributed by atoms with Crippen molar-refractivity contribution < 1.29 is 42.9 Å². The molecule has 0 aliphatic rings. The van der Waals surface area contributed by atoms with Crippen LogP contribution in [-0.2, 0) is 33.3 Å². The van der Waals surface area contributed by atoms with Gasteiger partial charge in [0.1, 0.15) is 13.2 Å². The van der Waals surface area contributed by atoms with E-state index in [0.29, 0.717) is 17.4 Å². The molecule has 9 nitrogen and oxygen atoms in total. The quantitative estimate of drug-likeness (QED) is 0.0236. The van der Waals surface area contributed by atoms with Crippen molar-refractivity contribution in [1.82, 2.24) is 0 Å². The lowest BCUT2D eigenvalue weighted by Gasteiger charge is -2.25. The summed E-state index contributed by atoms with van der Waals surface area (Å²) in [5, 5.41) is 9.56. The van der Waals surface area contributed by atoms with E-state index >= 15 is 0 Å². The van der Waals surface area contributed by atoms with Crippen molar-refractivity contribution in [3.8, 4) is 0 Å². The molecule has 0 spiro atoms. The molecule has 0 aromatic heterocycles. The number of quaternary nitrogens is 1. The van der Waals surface area contributed by atoms with Crippen molar-refractivity contribution >= 4 is 17.9 Å². The van der Waals surface area contributed by atoms with Gasteiger partial charge in [-0.3, -0.25) is 9.59 Å². The Morgan fingerprint density at radius 3 is 1.63 bits per heavy atom. The molecule has 0 rings (SSSR count). The number of rotatable bonds is 33. The lowest BCUT2D eigenvalue weighted by atomic mass is 10.1. The zero-order chi connectivity index (χ0) is 37.8. The predicted molar refractivity (Wildman–Crippen MR) is 207 cm³/mol. The van der Waals surface area contributed by atoms with Gasteiger partial charge < -0.3 is 28.5 Å². The minimum atomic E-state index is -1.53. The van der Waals surface area contributed by atoms with E-state index in [1.807, 2.05) is 33.3 Å². The van der Waals surface area contributed by atoms with E-state index in [2.05, 4.69) is 74.6 Å². The molecule has 0 aliphatic heterocycles. The number of carboxylic acid groups (broad SMARTS) is 1. The first-order valence-electron chi connectivity index (χ1n) is 19.1. The Balaban J connectivity index is 4.63. The van der Waals surface area contributed by atoms with Crippen molar-refractivity contribution in [2.75, 3.05) is 47.5 Å². The third-order valence-corrected chi connectivity index (χ3v) is 7.49. The van der Waals surface area contributed by atoms with Gasteiger partial charge in [0.25, 0.3) is 6.29 Å². The van der Waals surface area contributed by atoms with Crippen LogP contribution in [0.25, 0.3) is 0 Å². The molecule has 0 aromatic carbocycles. The molecule has 0 bridgehead atoms. The van der Waals surface area contributed by atoms with E-state index in [0.717, 1.165) is 57.8 Å². The number of nitrogens with zero attached hydrogens (tertiary/aromatic N) is 1. The van der Waals surface area contributed by atoms with E-state index in [1.54, 1.807) is 0 Å². The highest BCUT2D eigenvalue weighted by Crippen LogP contribution is 2.10. The van der Waals surface area contributed by atoms with Crippen molar-refractivity contribution in [2.24, 2.45) is 0 Å². The molecular formula is C42H70NO8+. The maximum Gasteiger partial charge on any atom is 0.361 e. The van der Waals surface area contributed by atoms with Crippen LogP contribution in [0.15, 0.2) is 72.9 Å². The standard InChI is InChI=1S/C42H69NO8/c1-6-8-10-12-14-15-16-17-18-19-20-21-22-23-24-25-27-29-31-33-40(45)51-38(36-49-39(44)32-30-28-26-13-11-9-7-2)37-50-42(41(46)47)48-35-34-43(3,4)5/h8,10,14-15,17-18,20-21,23-24,27,29,38,42H,6-7,9,11-13,16,19,22,25-26,28,30-37H2,1-5H3/p+1/b10-8-,15-14-,18-17-,21-20-,24-23-,29-27-.